The molecule has 1 aromatic heterocycles. The molecule has 3 rings (SSSR count). The number of rotatable bonds is 3. The molecule has 0 bridgehead atoms. The number of likely N-dealkylation sites (tertiary alicyclic amines) is 1. The van der Waals surface area contributed by atoms with Crippen molar-refractivity contribution in [3.05, 3.63) is 23.7 Å². The summed E-state index contributed by atoms with van der Waals surface area (Å²) in [5.41, 5.74) is 1.17. The van der Waals surface area contributed by atoms with Gasteiger partial charge in [0.15, 0.2) is 0 Å². The standard InChI is InChI=1S/C15H23N3O2/c1-12-4-10-20-14(12)11-18-7-2-3-13(18)15(19)17-8-5-16-6-9-17/h4,10,13,16H,2-3,5-9,11H2,1H3. The SMILES string of the molecule is Cc1ccoc1CN1CCCC1C(=O)N1CCNCC1. The molecule has 5 heteroatoms. The Hall–Kier alpha value is -1.33. The monoisotopic (exact) mass is 277 g/mol. The molecular formula is C15H23N3O2. The first-order chi connectivity index (χ1) is 9.75. The van der Waals surface area contributed by atoms with Gasteiger partial charge in [0.25, 0.3) is 0 Å². The molecule has 2 aliphatic heterocycles. The Morgan fingerprint density at radius 2 is 2.20 bits per heavy atom. The van der Waals surface area contributed by atoms with Gasteiger partial charge in [-0.25, -0.2) is 0 Å². The van der Waals surface area contributed by atoms with E-state index < -0.39 is 0 Å². The molecule has 1 atom stereocenters. The van der Waals surface area contributed by atoms with Crippen molar-refractivity contribution in [3.63, 3.8) is 0 Å². The van der Waals surface area contributed by atoms with Crippen LogP contribution in [0.2, 0.25) is 0 Å². The highest BCUT2D eigenvalue weighted by molar-refractivity contribution is 5.82. The molecule has 0 saturated carbocycles. The van der Waals surface area contributed by atoms with Gasteiger partial charge in [0.2, 0.25) is 5.91 Å². The Morgan fingerprint density at radius 1 is 1.40 bits per heavy atom. The molecule has 2 aliphatic rings. The van der Waals surface area contributed by atoms with E-state index in [2.05, 4.69) is 17.1 Å². The fraction of sp³-hybridized carbons (Fsp3) is 0.667. The lowest BCUT2D eigenvalue weighted by Crippen LogP contribution is -2.52. The second kappa shape index (κ2) is 5.97. The number of nitrogens with zero attached hydrogens (tertiary/aromatic N) is 2. The molecule has 0 aromatic carbocycles. The van der Waals surface area contributed by atoms with E-state index in [1.165, 1.54) is 5.56 Å². The first kappa shape index (κ1) is 13.6. The van der Waals surface area contributed by atoms with Crippen LogP contribution in [-0.4, -0.2) is 54.5 Å². The van der Waals surface area contributed by atoms with Crippen LogP contribution in [0.3, 0.4) is 0 Å². The molecule has 1 unspecified atom stereocenters. The largest absolute Gasteiger partial charge is 0.468 e. The van der Waals surface area contributed by atoms with Gasteiger partial charge in [0.1, 0.15) is 5.76 Å². The summed E-state index contributed by atoms with van der Waals surface area (Å²) in [6.07, 6.45) is 3.80. The normalized spacial score (nSPS) is 24.2. The Bertz CT molecular complexity index is 465. The molecule has 110 valence electrons. The van der Waals surface area contributed by atoms with Gasteiger partial charge >= 0.3 is 0 Å². The van der Waals surface area contributed by atoms with E-state index in [0.29, 0.717) is 5.91 Å². The first-order valence-electron chi connectivity index (χ1n) is 7.52. The molecule has 1 amide bonds. The average molecular weight is 277 g/mol. The topological polar surface area (TPSA) is 48.7 Å². The van der Waals surface area contributed by atoms with Crippen molar-refractivity contribution >= 4 is 5.91 Å². The van der Waals surface area contributed by atoms with Crippen molar-refractivity contribution in [2.24, 2.45) is 0 Å². The van der Waals surface area contributed by atoms with E-state index in [0.717, 1.165) is 57.9 Å². The number of carbonyl (C=O) groups excluding carboxylic acids is 1. The number of amides is 1. The third-order valence-electron chi connectivity index (χ3n) is 4.39. The van der Waals surface area contributed by atoms with Crippen molar-refractivity contribution in [1.29, 1.82) is 0 Å². The molecule has 5 nitrogen and oxygen atoms in total. The molecule has 2 saturated heterocycles. The summed E-state index contributed by atoms with van der Waals surface area (Å²) in [6, 6.07) is 2.02. The number of furan rings is 1. The zero-order chi connectivity index (χ0) is 13.9. The van der Waals surface area contributed by atoms with Gasteiger partial charge in [-0.2, -0.15) is 0 Å². The van der Waals surface area contributed by atoms with E-state index >= 15 is 0 Å². The van der Waals surface area contributed by atoms with Crippen LogP contribution in [-0.2, 0) is 11.3 Å². The van der Waals surface area contributed by atoms with Gasteiger partial charge in [0.05, 0.1) is 18.8 Å². The van der Waals surface area contributed by atoms with Crippen molar-refractivity contribution in [3.8, 4) is 0 Å². The molecule has 0 radical (unpaired) electrons. The van der Waals surface area contributed by atoms with Gasteiger partial charge in [-0.05, 0) is 37.9 Å². The van der Waals surface area contributed by atoms with Gasteiger partial charge in [-0.1, -0.05) is 0 Å². The highest BCUT2D eigenvalue weighted by Gasteiger charge is 2.34. The molecule has 3 heterocycles. The van der Waals surface area contributed by atoms with Crippen LogP contribution in [0.25, 0.3) is 0 Å². The first-order valence-corrected chi connectivity index (χ1v) is 7.52. The minimum absolute atomic E-state index is 0.0394. The second-order valence-corrected chi connectivity index (χ2v) is 5.73. The van der Waals surface area contributed by atoms with Crippen LogP contribution >= 0.6 is 0 Å². The Labute approximate surface area is 119 Å². The zero-order valence-electron chi connectivity index (χ0n) is 12.1. The highest BCUT2D eigenvalue weighted by Crippen LogP contribution is 2.23. The molecule has 20 heavy (non-hydrogen) atoms. The quantitative estimate of drug-likeness (QED) is 0.895. The van der Waals surface area contributed by atoms with Crippen molar-refractivity contribution in [2.75, 3.05) is 32.7 Å². The van der Waals surface area contributed by atoms with Crippen LogP contribution in [0.4, 0.5) is 0 Å². The van der Waals surface area contributed by atoms with Crippen LogP contribution in [0.15, 0.2) is 16.7 Å². The Kier molecular flexibility index (Phi) is 4.08. The highest BCUT2D eigenvalue weighted by atomic mass is 16.3. The van der Waals surface area contributed by atoms with Crippen molar-refractivity contribution in [2.45, 2.75) is 32.4 Å². The summed E-state index contributed by atoms with van der Waals surface area (Å²) < 4.78 is 5.52. The summed E-state index contributed by atoms with van der Waals surface area (Å²) in [5.74, 6) is 1.29. The Balaban J connectivity index is 1.65. The van der Waals surface area contributed by atoms with Gasteiger partial charge < -0.3 is 14.6 Å². The second-order valence-electron chi connectivity index (χ2n) is 5.73. The van der Waals surface area contributed by atoms with E-state index in [4.69, 9.17) is 4.42 Å². The maximum absolute atomic E-state index is 12.7. The average Bonchev–Trinajstić information content (AvgIpc) is 3.09. The third-order valence-corrected chi connectivity index (χ3v) is 4.39. The van der Waals surface area contributed by atoms with E-state index in [1.54, 1.807) is 6.26 Å². The number of nitrogens with one attached hydrogen (secondary N) is 1. The lowest BCUT2D eigenvalue weighted by Gasteiger charge is -2.32. The van der Waals surface area contributed by atoms with Gasteiger partial charge in [-0.15, -0.1) is 0 Å². The molecule has 0 aliphatic carbocycles. The van der Waals surface area contributed by atoms with Gasteiger partial charge in [0, 0.05) is 26.2 Å². The lowest BCUT2D eigenvalue weighted by molar-refractivity contribution is -0.136. The lowest BCUT2D eigenvalue weighted by atomic mass is 10.1. The minimum atomic E-state index is 0.0394. The fourth-order valence-electron chi connectivity index (χ4n) is 3.14. The number of carbonyl (C=O) groups is 1. The van der Waals surface area contributed by atoms with Crippen LogP contribution in [0.5, 0.6) is 0 Å². The van der Waals surface area contributed by atoms with Crippen LogP contribution in [0.1, 0.15) is 24.2 Å². The molecular weight excluding hydrogens is 254 g/mol. The zero-order valence-corrected chi connectivity index (χ0v) is 12.1. The number of aryl methyl sites for hydroxylation is 1. The summed E-state index contributed by atoms with van der Waals surface area (Å²) in [4.78, 5) is 16.9. The predicted molar refractivity (Wildman–Crippen MR) is 76.3 cm³/mol. The summed E-state index contributed by atoms with van der Waals surface area (Å²) >= 11 is 0. The number of hydrogen-bond donors (Lipinski definition) is 1. The molecule has 1 aromatic rings. The summed E-state index contributed by atoms with van der Waals surface area (Å²) in [5, 5.41) is 3.29. The minimum Gasteiger partial charge on any atom is -0.468 e. The number of hydrogen-bond acceptors (Lipinski definition) is 4. The van der Waals surface area contributed by atoms with Crippen LogP contribution < -0.4 is 5.32 Å². The molecule has 1 N–H and O–H groups in total. The predicted octanol–water partition coefficient (Wildman–Crippen LogP) is 0.984. The third kappa shape index (κ3) is 2.74. The molecule has 2 fully saturated rings. The van der Waals surface area contributed by atoms with E-state index in [-0.39, 0.29) is 6.04 Å². The fourth-order valence-corrected chi connectivity index (χ4v) is 3.14. The maximum Gasteiger partial charge on any atom is 0.240 e. The molecule has 0 spiro atoms. The van der Waals surface area contributed by atoms with E-state index in [9.17, 15) is 4.79 Å². The Morgan fingerprint density at radius 3 is 2.90 bits per heavy atom. The maximum atomic E-state index is 12.7. The van der Waals surface area contributed by atoms with Crippen molar-refractivity contribution in [1.82, 2.24) is 15.1 Å². The van der Waals surface area contributed by atoms with E-state index in [1.807, 2.05) is 11.0 Å². The van der Waals surface area contributed by atoms with Crippen molar-refractivity contribution < 1.29 is 9.21 Å². The van der Waals surface area contributed by atoms with Crippen LogP contribution in [0, 0.1) is 6.92 Å². The number of piperazine rings is 1. The summed E-state index contributed by atoms with van der Waals surface area (Å²) in [6.45, 7) is 7.30. The smallest absolute Gasteiger partial charge is 0.240 e. The summed E-state index contributed by atoms with van der Waals surface area (Å²) in [7, 11) is 0. The van der Waals surface area contributed by atoms with Gasteiger partial charge in [-0.3, -0.25) is 9.69 Å².